The second-order valence-electron chi connectivity index (χ2n) is 7.24. The molecule has 1 rings (SSSR count). The van der Waals surface area contributed by atoms with Crippen LogP contribution >= 0.6 is 0 Å². The number of amides is 2. The first kappa shape index (κ1) is 16.8. The van der Waals surface area contributed by atoms with E-state index in [9.17, 15) is 9.59 Å². The number of carbonyl (C=O) groups is 2. The quantitative estimate of drug-likeness (QED) is 0.788. The average Bonchev–Trinajstić information content (AvgIpc) is 3.06. The zero-order valence-corrected chi connectivity index (χ0v) is 13.3. The van der Waals surface area contributed by atoms with Crippen LogP contribution in [0.3, 0.4) is 0 Å². The molecule has 0 aromatic carbocycles. The summed E-state index contributed by atoms with van der Waals surface area (Å²) in [5.41, 5.74) is -0.277. The summed E-state index contributed by atoms with van der Waals surface area (Å²) in [6.45, 7) is 10.7. The Labute approximate surface area is 121 Å². The number of aliphatic carboxylic acids is 1. The number of hydrogen-bond donors (Lipinski definition) is 2. The van der Waals surface area contributed by atoms with Crippen LogP contribution in [0.15, 0.2) is 0 Å². The summed E-state index contributed by atoms with van der Waals surface area (Å²) in [7, 11) is 0. The van der Waals surface area contributed by atoms with Crippen molar-refractivity contribution in [3.8, 4) is 0 Å². The van der Waals surface area contributed by atoms with Crippen molar-refractivity contribution in [3.63, 3.8) is 0 Å². The Kier molecular flexibility index (Phi) is 5.42. The molecule has 0 spiro atoms. The van der Waals surface area contributed by atoms with Gasteiger partial charge in [0.05, 0.1) is 6.42 Å². The summed E-state index contributed by atoms with van der Waals surface area (Å²) in [6.07, 6.45) is 2.06. The van der Waals surface area contributed by atoms with Gasteiger partial charge >= 0.3 is 12.0 Å². The second kappa shape index (κ2) is 6.46. The molecule has 0 aliphatic heterocycles. The lowest BCUT2D eigenvalue weighted by Crippen LogP contribution is -2.51. The molecule has 2 amide bonds. The van der Waals surface area contributed by atoms with Gasteiger partial charge < -0.3 is 15.3 Å². The van der Waals surface area contributed by atoms with E-state index in [2.05, 4.69) is 19.2 Å². The van der Waals surface area contributed by atoms with Crippen LogP contribution in [0.25, 0.3) is 0 Å². The summed E-state index contributed by atoms with van der Waals surface area (Å²) in [4.78, 5) is 25.3. The molecule has 0 heterocycles. The normalized spacial score (nSPS) is 16.9. The minimum Gasteiger partial charge on any atom is -0.481 e. The Balaban J connectivity index is 2.70. The number of carboxylic acid groups (broad SMARTS) is 1. The first-order valence-corrected chi connectivity index (χ1v) is 7.40. The standard InChI is InChI=1S/C15H28N2O3/c1-10(2)9-17(11-6-7-11)14(20)16-12(8-13(18)19)15(3,4)5/h10-12H,6-9H2,1-5H3,(H,16,20)(H,18,19). The highest BCUT2D eigenvalue weighted by atomic mass is 16.4. The van der Waals surface area contributed by atoms with Crippen LogP contribution in [0.5, 0.6) is 0 Å². The van der Waals surface area contributed by atoms with E-state index in [4.69, 9.17) is 5.11 Å². The number of carbonyl (C=O) groups excluding carboxylic acids is 1. The number of hydrogen-bond acceptors (Lipinski definition) is 2. The van der Waals surface area contributed by atoms with Gasteiger partial charge in [-0.2, -0.15) is 0 Å². The molecule has 2 N–H and O–H groups in total. The maximum atomic E-state index is 12.4. The lowest BCUT2D eigenvalue weighted by Gasteiger charge is -2.33. The molecule has 1 fully saturated rings. The number of nitrogens with one attached hydrogen (secondary N) is 1. The van der Waals surface area contributed by atoms with E-state index in [1.807, 2.05) is 25.7 Å². The Morgan fingerprint density at radius 3 is 2.20 bits per heavy atom. The maximum Gasteiger partial charge on any atom is 0.317 e. The van der Waals surface area contributed by atoms with Crippen LogP contribution in [0, 0.1) is 11.3 Å². The zero-order chi connectivity index (χ0) is 15.5. The smallest absolute Gasteiger partial charge is 0.317 e. The van der Waals surface area contributed by atoms with E-state index in [0.29, 0.717) is 12.0 Å². The molecule has 5 heteroatoms. The van der Waals surface area contributed by atoms with Crippen LogP contribution in [-0.4, -0.2) is 40.6 Å². The molecular formula is C15H28N2O3. The highest BCUT2D eigenvalue weighted by Gasteiger charge is 2.36. The Morgan fingerprint density at radius 2 is 1.85 bits per heavy atom. The van der Waals surface area contributed by atoms with Crippen molar-refractivity contribution in [2.75, 3.05) is 6.54 Å². The average molecular weight is 284 g/mol. The van der Waals surface area contributed by atoms with Crippen molar-refractivity contribution in [1.82, 2.24) is 10.2 Å². The van der Waals surface area contributed by atoms with Crippen molar-refractivity contribution in [2.45, 2.75) is 66.0 Å². The van der Waals surface area contributed by atoms with Gasteiger partial charge in [0.2, 0.25) is 0 Å². The third-order valence-corrected chi connectivity index (χ3v) is 3.53. The van der Waals surface area contributed by atoms with Gasteiger partial charge in [0.15, 0.2) is 0 Å². The molecule has 0 aromatic heterocycles. The van der Waals surface area contributed by atoms with Gasteiger partial charge in [-0.15, -0.1) is 0 Å². The minimum absolute atomic E-state index is 0.0462. The van der Waals surface area contributed by atoms with Crippen LogP contribution in [-0.2, 0) is 4.79 Å². The first-order valence-electron chi connectivity index (χ1n) is 7.40. The van der Waals surface area contributed by atoms with E-state index >= 15 is 0 Å². The fourth-order valence-electron chi connectivity index (χ4n) is 2.16. The molecule has 1 unspecified atom stereocenters. The van der Waals surface area contributed by atoms with Crippen molar-refractivity contribution < 1.29 is 14.7 Å². The van der Waals surface area contributed by atoms with Crippen LogP contribution in [0.2, 0.25) is 0 Å². The topological polar surface area (TPSA) is 69.6 Å². The first-order chi connectivity index (χ1) is 9.11. The Hall–Kier alpha value is -1.26. The van der Waals surface area contributed by atoms with Gasteiger partial charge in [-0.3, -0.25) is 4.79 Å². The molecule has 1 atom stereocenters. The van der Waals surface area contributed by atoms with E-state index < -0.39 is 5.97 Å². The van der Waals surface area contributed by atoms with E-state index in [0.717, 1.165) is 19.4 Å². The summed E-state index contributed by atoms with van der Waals surface area (Å²) in [5, 5.41) is 11.9. The van der Waals surface area contributed by atoms with Crippen LogP contribution in [0.4, 0.5) is 4.79 Å². The summed E-state index contributed by atoms with van der Waals surface area (Å²) < 4.78 is 0. The van der Waals surface area contributed by atoms with Gasteiger partial charge in [-0.1, -0.05) is 34.6 Å². The summed E-state index contributed by atoms with van der Waals surface area (Å²) in [6, 6.07) is -0.147. The fraction of sp³-hybridized carbons (Fsp3) is 0.867. The molecule has 0 bridgehead atoms. The second-order valence-corrected chi connectivity index (χ2v) is 7.24. The van der Waals surface area contributed by atoms with Gasteiger partial charge in [0.25, 0.3) is 0 Å². The van der Waals surface area contributed by atoms with Crippen LogP contribution in [0.1, 0.15) is 53.9 Å². The number of nitrogens with zero attached hydrogens (tertiary/aromatic N) is 1. The largest absolute Gasteiger partial charge is 0.481 e. The Morgan fingerprint density at radius 1 is 1.30 bits per heavy atom. The monoisotopic (exact) mass is 284 g/mol. The summed E-state index contributed by atoms with van der Waals surface area (Å²) >= 11 is 0. The molecule has 1 aliphatic carbocycles. The molecule has 0 saturated heterocycles. The third kappa shape index (κ3) is 5.39. The predicted octanol–water partition coefficient (Wildman–Crippen LogP) is 2.71. The van der Waals surface area contributed by atoms with Gasteiger partial charge in [0, 0.05) is 18.6 Å². The van der Waals surface area contributed by atoms with E-state index in [1.165, 1.54) is 0 Å². The summed E-state index contributed by atoms with van der Waals surface area (Å²) in [5.74, 6) is -0.471. The van der Waals surface area contributed by atoms with Gasteiger partial charge in [-0.05, 0) is 24.2 Å². The highest BCUT2D eigenvalue weighted by Crippen LogP contribution is 2.28. The lowest BCUT2D eigenvalue weighted by molar-refractivity contribution is -0.138. The zero-order valence-electron chi connectivity index (χ0n) is 13.3. The molecular weight excluding hydrogens is 256 g/mol. The van der Waals surface area contributed by atoms with Gasteiger partial charge in [0.1, 0.15) is 0 Å². The Bertz CT molecular complexity index is 357. The third-order valence-electron chi connectivity index (χ3n) is 3.53. The minimum atomic E-state index is -0.882. The molecule has 1 saturated carbocycles. The highest BCUT2D eigenvalue weighted by molar-refractivity contribution is 5.76. The van der Waals surface area contributed by atoms with Crippen molar-refractivity contribution in [1.29, 1.82) is 0 Å². The number of urea groups is 1. The lowest BCUT2D eigenvalue weighted by atomic mass is 9.85. The van der Waals surface area contributed by atoms with Gasteiger partial charge in [-0.25, -0.2) is 4.79 Å². The molecule has 5 nitrogen and oxygen atoms in total. The van der Waals surface area contributed by atoms with Crippen molar-refractivity contribution in [3.05, 3.63) is 0 Å². The van der Waals surface area contributed by atoms with E-state index in [1.54, 1.807) is 0 Å². The van der Waals surface area contributed by atoms with Crippen LogP contribution < -0.4 is 5.32 Å². The van der Waals surface area contributed by atoms with Crippen molar-refractivity contribution in [2.24, 2.45) is 11.3 Å². The molecule has 20 heavy (non-hydrogen) atoms. The molecule has 0 aromatic rings. The fourth-order valence-corrected chi connectivity index (χ4v) is 2.16. The molecule has 1 aliphatic rings. The van der Waals surface area contributed by atoms with E-state index in [-0.39, 0.29) is 23.9 Å². The number of rotatable bonds is 6. The molecule has 116 valence electrons. The predicted molar refractivity (Wildman–Crippen MR) is 78.6 cm³/mol. The van der Waals surface area contributed by atoms with Crippen molar-refractivity contribution >= 4 is 12.0 Å². The number of carboxylic acids is 1. The maximum absolute atomic E-state index is 12.4. The SMILES string of the molecule is CC(C)CN(C(=O)NC(CC(=O)O)C(C)(C)C)C1CC1. The molecule has 0 radical (unpaired) electrons.